The van der Waals surface area contributed by atoms with Crippen LogP contribution in [0.25, 0.3) is 0 Å². The first-order chi connectivity index (χ1) is 11.2. The fourth-order valence-corrected chi connectivity index (χ4v) is 2.59. The summed E-state index contributed by atoms with van der Waals surface area (Å²) in [5.74, 6) is 1.38. The first kappa shape index (κ1) is 15.4. The van der Waals surface area contributed by atoms with E-state index in [9.17, 15) is 4.79 Å². The lowest BCUT2D eigenvalue weighted by molar-refractivity contribution is 0.247. The molecule has 0 spiro atoms. The zero-order valence-electron chi connectivity index (χ0n) is 13.5. The Morgan fingerprint density at radius 3 is 2.17 bits per heavy atom. The average Bonchev–Trinajstić information content (AvgIpc) is 2.56. The number of nitrogens with one attached hydrogen (secondary N) is 1. The molecule has 2 amide bonds. The molecular weight excluding hydrogens is 290 g/mol. The number of nitrogens with zero attached hydrogens (tertiary/aromatic N) is 2. The normalized spacial score (nSPS) is 12.4. The van der Waals surface area contributed by atoms with Gasteiger partial charge >= 0.3 is 6.03 Å². The zero-order valence-corrected chi connectivity index (χ0v) is 13.5. The van der Waals surface area contributed by atoms with E-state index in [0.717, 1.165) is 24.3 Å². The molecule has 1 aliphatic heterocycles. The van der Waals surface area contributed by atoms with Gasteiger partial charge in [0, 0.05) is 6.54 Å². The summed E-state index contributed by atoms with van der Waals surface area (Å²) in [6.07, 6.45) is 0.909. The molecule has 0 fully saturated rings. The number of rotatable bonds is 4. The highest BCUT2D eigenvalue weighted by molar-refractivity contribution is 6.03. The molecule has 1 N–H and O–H groups in total. The van der Waals surface area contributed by atoms with Crippen LogP contribution >= 0.6 is 0 Å². The minimum absolute atomic E-state index is 0.132. The number of carbonyl (C=O) groups is 1. The van der Waals surface area contributed by atoms with Crippen LogP contribution in [-0.4, -0.2) is 38.1 Å². The predicted octanol–water partition coefficient (Wildman–Crippen LogP) is 3.59. The molecule has 120 valence electrons. The molecule has 23 heavy (non-hydrogen) atoms. The summed E-state index contributed by atoms with van der Waals surface area (Å²) in [6.45, 7) is 1.58. The molecule has 0 unspecified atom stereocenters. The molecule has 2 aromatic rings. The molecule has 0 aliphatic carbocycles. The van der Waals surface area contributed by atoms with Crippen LogP contribution in [-0.2, 0) is 0 Å². The third kappa shape index (κ3) is 3.29. The Kier molecular flexibility index (Phi) is 4.48. The molecule has 2 aromatic carbocycles. The van der Waals surface area contributed by atoms with Crippen LogP contribution in [0.4, 0.5) is 16.2 Å². The van der Waals surface area contributed by atoms with Crippen molar-refractivity contribution in [3.63, 3.8) is 0 Å². The second-order valence-corrected chi connectivity index (χ2v) is 5.76. The van der Waals surface area contributed by atoms with Crippen LogP contribution in [0.1, 0.15) is 6.42 Å². The summed E-state index contributed by atoms with van der Waals surface area (Å²) < 4.78 is 5.89. The number of hydrogen-bond donors (Lipinski definition) is 1. The number of ether oxygens (including phenoxy) is 1. The van der Waals surface area contributed by atoms with E-state index in [1.165, 1.54) is 0 Å². The monoisotopic (exact) mass is 311 g/mol. The van der Waals surface area contributed by atoms with Crippen molar-refractivity contribution in [3.05, 3.63) is 48.5 Å². The fourth-order valence-electron chi connectivity index (χ4n) is 2.59. The largest absolute Gasteiger partial charge is 0.453 e. The summed E-state index contributed by atoms with van der Waals surface area (Å²) in [5, 5.41) is 2.99. The maximum absolute atomic E-state index is 12.7. The highest BCUT2D eigenvalue weighted by Gasteiger charge is 2.28. The zero-order chi connectivity index (χ0) is 16.2. The van der Waals surface area contributed by atoms with Gasteiger partial charge in [-0.15, -0.1) is 0 Å². The van der Waals surface area contributed by atoms with Crippen molar-refractivity contribution < 1.29 is 9.53 Å². The lowest BCUT2D eigenvalue weighted by atomic mass is 10.2. The molecule has 1 heterocycles. The van der Waals surface area contributed by atoms with E-state index in [-0.39, 0.29) is 6.03 Å². The van der Waals surface area contributed by atoms with Crippen LogP contribution in [0, 0.1) is 0 Å². The Balaban J connectivity index is 1.82. The lowest BCUT2D eigenvalue weighted by Gasteiger charge is -2.31. The van der Waals surface area contributed by atoms with Gasteiger partial charge in [-0.3, -0.25) is 4.90 Å². The minimum atomic E-state index is -0.132. The van der Waals surface area contributed by atoms with Gasteiger partial charge in [0.1, 0.15) is 0 Å². The molecule has 3 rings (SSSR count). The lowest BCUT2D eigenvalue weighted by Crippen LogP contribution is -2.39. The van der Waals surface area contributed by atoms with Gasteiger partial charge in [-0.1, -0.05) is 24.3 Å². The van der Waals surface area contributed by atoms with E-state index in [4.69, 9.17) is 4.74 Å². The summed E-state index contributed by atoms with van der Waals surface area (Å²) in [7, 11) is 4.05. The van der Waals surface area contributed by atoms with Crippen molar-refractivity contribution >= 4 is 17.4 Å². The number of fused-ring (bicyclic) bond motifs is 2. The first-order valence-corrected chi connectivity index (χ1v) is 7.75. The Bertz CT molecular complexity index is 655. The van der Waals surface area contributed by atoms with Gasteiger partial charge in [0.2, 0.25) is 0 Å². The van der Waals surface area contributed by atoms with Crippen LogP contribution < -0.4 is 15.0 Å². The maximum Gasteiger partial charge on any atom is 0.326 e. The molecule has 0 saturated heterocycles. The van der Waals surface area contributed by atoms with Gasteiger partial charge in [-0.2, -0.15) is 0 Å². The van der Waals surface area contributed by atoms with E-state index in [0.29, 0.717) is 18.0 Å². The van der Waals surface area contributed by atoms with Crippen molar-refractivity contribution in [2.24, 2.45) is 0 Å². The molecule has 5 nitrogen and oxygen atoms in total. The molecular formula is C18H21N3O2. The highest BCUT2D eigenvalue weighted by Crippen LogP contribution is 2.46. The first-order valence-electron chi connectivity index (χ1n) is 7.75. The van der Waals surface area contributed by atoms with Gasteiger partial charge in [-0.25, -0.2) is 4.79 Å². The van der Waals surface area contributed by atoms with Crippen LogP contribution in [0.15, 0.2) is 48.5 Å². The van der Waals surface area contributed by atoms with Crippen LogP contribution in [0.2, 0.25) is 0 Å². The van der Waals surface area contributed by atoms with Crippen LogP contribution in [0.5, 0.6) is 11.5 Å². The number of para-hydroxylation sites is 4. The Labute approximate surface area is 136 Å². The van der Waals surface area contributed by atoms with Gasteiger partial charge in [-0.05, 0) is 51.3 Å². The molecule has 0 saturated carbocycles. The maximum atomic E-state index is 12.7. The number of hydrogen-bond acceptors (Lipinski definition) is 3. The van der Waals surface area contributed by atoms with E-state index in [2.05, 4.69) is 10.2 Å². The second-order valence-electron chi connectivity index (χ2n) is 5.76. The Morgan fingerprint density at radius 1 is 1.04 bits per heavy atom. The Morgan fingerprint density at radius 2 is 1.61 bits per heavy atom. The highest BCUT2D eigenvalue weighted by atomic mass is 16.5. The van der Waals surface area contributed by atoms with E-state index in [1.807, 2.05) is 62.6 Å². The van der Waals surface area contributed by atoms with Crippen LogP contribution in [0.3, 0.4) is 0 Å². The second kappa shape index (κ2) is 6.71. The minimum Gasteiger partial charge on any atom is -0.453 e. The number of amides is 2. The van der Waals surface area contributed by atoms with Crippen molar-refractivity contribution in [1.29, 1.82) is 0 Å². The third-order valence-corrected chi connectivity index (χ3v) is 3.69. The van der Waals surface area contributed by atoms with Crippen molar-refractivity contribution in [2.75, 3.05) is 32.1 Å². The smallest absolute Gasteiger partial charge is 0.326 e. The molecule has 0 radical (unpaired) electrons. The van der Waals surface area contributed by atoms with Gasteiger partial charge in [0.05, 0.1) is 11.4 Å². The third-order valence-electron chi connectivity index (χ3n) is 3.69. The number of carbonyl (C=O) groups excluding carboxylic acids is 1. The number of benzene rings is 2. The summed E-state index contributed by atoms with van der Waals surface area (Å²) >= 11 is 0. The van der Waals surface area contributed by atoms with Gasteiger partial charge in [0.15, 0.2) is 11.5 Å². The topological polar surface area (TPSA) is 44.8 Å². The standard InChI is InChI=1S/C18H21N3O2/c1-20(2)13-7-12-19-18(22)21-14-8-3-5-10-16(14)23-17-11-6-4-9-15(17)21/h3-6,8-11H,7,12-13H2,1-2H3,(H,19,22). The predicted molar refractivity (Wildman–Crippen MR) is 91.7 cm³/mol. The van der Waals surface area contributed by atoms with E-state index < -0.39 is 0 Å². The molecule has 0 aromatic heterocycles. The summed E-state index contributed by atoms with van der Waals surface area (Å²) in [6, 6.07) is 15.0. The quantitative estimate of drug-likeness (QED) is 0.878. The van der Waals surface area contributed by atoms with Crippen molar-refractivity contribution in [1.82, 2.24) is 10.2 Å². The Hall–Kier alpha value is -2.53. The van der Waals surface area contributed by atoms with Crippen molar-refractivity contribution in [3.8, 4) is 11.5 Å². The van der Waals surface area contributed by atoms with Gasteiger partial charge < -0.3 is 15.0 Å². The van der Waals surface area contributed by atoms with E-state index in [1.54, 1.807) is 4.90 Å². The van der Waals surface area contributed by atoms with E-state index >= 15 is 0 Å². The van der Waals surface area contributed by atoms with Gasteiger partial charge in [0.25, 0.3) is 0 Å². The molecule has 1 aliphatic rings. The average molecular weight is 311 g/mol. The number of urea groups is 1. The number of anilines is 2. The molecule has 5 heteroatoms. The van der Waals surface area contributed by atoms with Crippen molar-refractivity contribution in [2.45, 2.75) is 6.42 Å². The summed E-state index contributed by atoms with van der Waals surface area (Å²) in [4.78, 5) is 16.5. The fraction of sp³-hybridized carbons (Fsp3) is 0.278. The summed E-state index contributed by atoms with van der Waals surface area (Å²) in [5.41, 5.74) is 1.52. The molecule has 0 bridgehead atoms. The SMILES string of the molecule is CN(C)CCCNC(=O)N1c2ccccc2Oc2ccccc21. The molecule has 0 atom stereocenters.